The predicted octanol–water partition coefficient (Wildman–Crippen LogP) is 3.00. The van der Waals surface area contributed by atoms with Crippen molar-refractivity contribution in [3.8, 4) is 0 Å². The van der Waals surface area contributed by atoms with E-state index in [1.165, 1.54) is 16.8 Å². The van der Waals surface area contributed by atoms with E-state index in [0.717, 1.165) is 18.7 Å². The number of nitrogens with zero attached hydrogens (tertiary/aromatic N) is 3. The van der Waals surface area contributed by atoms with Gasteiger partial charge in [0.25, 0.3) is 0 Å². The van der Waals surface area contributed by atoms with Crippen LogP contribution in [0.1, 0.15) is 34.9 Å². The van der Waals surface area contributed by atoms with E-state index in [4.69, 9.17) is 9.84 Å². The van der Waals surface area contributed by atoms with Gasteiger partial charge in [0.15, 0.2) is 0 Å². The first-order valence-corrected chi connectivity index (χ1v) is 10.0. The predicted molar refractivity (Wildman–Crippen MR) is 108 cm³/mol. The molecular formula is C22H28N4O2. The summed E-state index contributed by atoms with van der Waals surface area (Å²) < 4.78 is 7.41. The molecule has 2 aromatic rings. The summed E-state index contributed by atoms with van der Waals surface area (Å²) in [6, 6.07) is 10.5. The van der Waals surface area contributed by atoms with E-state index >= 15 is 0 Å². The molecule has 1 N–H and O–H groups in total. The Kier molecular flexibility index (Phi) is 5.48. The Morgan fingerprint density at radius 3 is 2.68 bits per heavy atom. The molecule has 1 aromatic carbocycles. The second kappa shape index (κ2) is 8.19. The molecule has 0 radical (unpaired) electrons. The molecule has 0 spiro atoms. The molecule has 1 aromatic heterocycles. The number of allylic oxidation sites excluding steroid dienone is 1. The van der Waals surface area contributed by atoms with Crippen LogP contribution in [0, 0.1) is 13.8 Å². The van der Waals surface area contributed by atoms with Crippen LogP contribution < -0.4 is 5.32 Å². The molecule has 28 heavy (non-hydrogen) atoms. The standard InChI is InChI=1S/C22H28N4O2/c1-16-21(17(2)26(24-16)15-18-6-4-3-5-7-18)19-8-9-20(14-19)23-22(27)25-10-12-28-13-11-25/h3-9,19-20H,10-15H2,1-2H3,(H,23,27)/t19-,20-/m1/s1. The fourth-order valence-electron chi connectivity index (χ4n) is 4.19. The zero-order valence-corrected chi connectivity index (χ0v) is 16.6. The molecule has 2 aliphatic rings. The van der Waals surface area contributed by atoms with Gasteiger partial charge in [-0.15, -0.1) is 0 Å². The number of carbonyl (C=O) groups is 1. The zero-order chi connectivity index (χ0) is 19.5. The number of hydrogen-bond acceptors (Lipinski definition) is 3. The highest BCUT2D eigenvalue weighted by Gasteiger charge is 2.28. The van der Waals surface area contributed by atoms with Gasteiger partial charge in [-0.3, -0.25) is 4.68 Å². The van der Waals surface area contributed by atoms with Crippen LogP contribution in [0.2, 0.25) is 0 Å². The smallest absolute Gasteiger partial charge is 0.318 e. The van der Waals surface area contributed by atoms with Crippen molar-refractivity contribution in [1.82, 2.24) is 20.0 Å². The van der Waals surface area contributed by atoms with Crippen molar-refractivity contribution in [3.63, 3.8) is 0 Å². The minimum Gasteiger partial charge on any atom is -0.378 e. The topological polar surface area (TPSA) is 59.4 Å². The molecular weight excluding hydrogens is 352 g/mol. The minimum atomic E-state index is 0.00631. The van der Waals surface area contributed by atoms with Crippen LogP contribution >= 0.6 is 0 Å². The highest BCUT2D eigenvalue weighted by molar-refractivity contribution is 5.75. The van der Waals surface area contributed by atoms with Crippen LogP contribution in [0.5, 0.6) is 0 Å². The highest BCUT2D eigenvalue weighted by atomic mass is 16.5. The minimum absolute atomic E-state index is 0.00631. The molecule has 0 unspecified atom stereocenters. The summed E-state index contributed by atoms with van der Waals surface area (Å²) in [5.74, 6) is 0.291. The Bertz CT molecular complexity index is 853. The van der Waals surface area contributed by atoms with Crippen molar-refractivity contribution < 1.29 is 9.53 Å². The van der Waals surface area contributed by atoms with Gasteiger partial charge in [0.05, 0.1) is 25.5 Å². The summed E-state index contributed by atoms with van der Waals surface area (Å²) in [6.07, 6.45) is 5.22. The van der Waals surface area contributed by atoms with Crippen molar-refractivity contribution in [2.75, 3.05) is 26.3 Å². The van der Waals surface area contributed by atoms with Crippen molar-refractivity contribution in [2.45, 2.75) is 38.8 Å². The van der Waals surface area contributed by atoms with Gasteiger partial charge in [-0.25, -0.2) is 4.79 Å². The average molecular weight is 380 g/mol. The highest BCUT2D eigenvalue weighted by Crippen LogP contribution is 2.33. The summed E-state index contributed by atoms with van der Waals surface area (Å²) in [6.45, 7) is 7.57. The van der Waals surface area contributed by atoms with Crippen LogP contribution in [-0.4, -0.2) is 53.1 Å². The van der Waals surface area contributed by atoms with Gasteiger partial charge in [0.2, 0.25) is 0 Å². The molecule has 2 amide bonds. The summed E-state index contributed by atoms with van der Waals surface area (Å²) in [4.78, 5) is 14.3. The van der Waals surface area contributed by atoms with Crippen molar-refractivity contribution in [3.05, 3.63) is 65.0 Å². The largest absolute Gasteiger partial charge is 0.378 e. The number of rotatable bonds is 4. The van der Waals surface area contributed by atoms with Crippen molar-refractivity contribution in [1.29, 1.82) is 0 Å². The molecule has 1 aliphatic heterocycles. The maximum atomic E-state index is 12.4. The summed E-state index contributed by atoms with van der Waals surface area (Å²) in [7, 11) is 0. The van der Waals surface area contributed by atoms with Crippen molar-refractivity contribution in [2.24, 2.45) is 0 Å². The third-order valence-corrected chi connectivity index (χ3v) is 5.67. The Labute approximate surface area is 166 Å². The van der Waals surface area contributed by atoms with E-state index in [1.54, 1.807) is 0 Å². The molecule has 148 valence electrons. The SMILES string of the molecule is Cc1nn(Cc2ccccc2)c(C)c1[C@@H]1C=C[C@@H](NC(=O)N2CCOCC2)C1. The Morgan fingerprint density at radius 2 is 1.93 bits per heavy atom. The van der Waals surface area contributed by atoms with Gasteiger partial charge in [-0.1, -0.05) is 42.5 Å². The van der Waals surface area contributed by atoms with Gasteiger partial charge < -0.3 is 15.0 Å². The summed E-state index contributed by atoms with van der Waals surface area (Å²) >= 11 is 0. The van der Waals surface area contributed by atoms with Crippen LogP contribution in [0.3, 0.4) is 0 Å². The first-order valence-electron chi connectivity index (χ1n) is 10.0. The number of ether oxygens (including phenoxy) is 1. The van der Waals surface area contributed by atoms with Gasteiger partial charge in [-0.05, 0) is 25.8 Å². The lowest BCUT2D eigenvalue weighted by atomic mass is 9.96. The molecule has 1 saturated heterocycles. The molecule has 0 saturated carbocycles. The zero-order valence-electron chi connectivity index (χ0n) is 16.6. The second-order valence-corrected chi connectivity index (χ2v) is 7.61. The molecule has 2 heterocycles. The molecule has 6 heteroatoms. The fourth-order valence-corrected chi connectivity index (χ4v) is 4.19. The van der Waals surface area contributed by atoms with Crippen LogP contribution in [0.4, 0.5) is 4.79 Å². The van der Waals surface area contributed by atoms with Crippen molar-refractivity contribution >= 4 is 6.03 Å². The lowest BCUT2D eigenvalue weighted by Gasteiger charge is -2.28. The quantitative estimate of drug-likeness (QED) is 0.830. The van der Waals surface area contributed by atoms with Crippen LogP contribution in [0.15, 0.2) is 42.5 Å². The number of carbonyl (C=O) groups excluding carboxylic acids is 1. The maximum Gasteiger partial charge on any atom is 0.318 e. The molecule has 0 bridgehead atoms. The van der Waals surface area contributed by atoms with E-state index in [0.29, 0.717) is 32.2 Å². The number of aromatic nitrogens is 2. The number of nitrogens with one attached hydrogen (secondary N) is 1. The first-order chi connectivity index (χ1) is 13.6. The molecule has 4 rings (SSSR count). The molecule has 2 atom stereocenters. The average Bonchev–Trinajstić information content (AvgIpc) is 3.27. The maximum absolute atomic E-state index is 12.4. The summed E-state index contributed by atoms with van der Waals surface area (Å²) in [5.41, 5.74) is 4.81. The molecule has 1 aliphatic carbocycles. The third-order valence-electron chi connectivity index (χ3n) is 5.67. The number of urea groups is 1. The van der Waals surface area contributed by atoms with Gasteiger partial charge >= 0.3 is 6.03 Å². The Hall–Kier alpha value is -2.60. The lowest BCUT2D eigenvalue weighted by molar-refractivity contribution is 0.0528. The van der Waals surface area contributed by atoms with Gasteiger partial charge in [0, 0.05) is 36.3 Å². The monoisotopic (exact) mass is 380 g/mol. The van der Waals surface area contributed by atoms with E-state index < -0.39 is 0 Å². The summed E-state index contributed by atoms with van der Waals surface area (Å²) in [5, 5.41) is 7.93. The van der Waals surface area contributed by atoms with Crippen LogP contribution in [0.25, 0.3) is 0 Å². The second-order valence-electron chi connectivity index (χ2n) is 7.61. The third kappa shape index (κ3) is 3.97. The molecule has 6 nitrogen and oxygen atoms in total. The van der Waals surface area contributed by atoms with E-state index in [-0.39, 0.29) is 12.1 Å². The van der Waals surface area contributed by atoms with E-state index in [2.05, 4.69) is 60.3 Å². The Balaban J connectivity index is 1.41. The van der Waals surface area contributed by atoms with E-state index in [1.807, 2.05) is 11.0 Å². The number of amides is 2. The first kappa shape index (κ1) is 18.7. The van der Waals surface area contributed by atoms with Crippen LogP contribution in [-0.2, 0) is 11.3 Å². The van der Waals surface area contributed by atoms with E-state index in [9.17, 15) is 4.79 Å². The Morgan fingerprint density at radius 1 is 1.18 bits per heavy atom. The number of aryl methyl sites for hydroxylation is 1. The lowest BCUT2D eigenvalue weighted by Crippen LogP contribution is -2.48. The van der Waals surface area contributed by atoms with Gasteiger partial charge in [-0.2, -0.15) is 5.10 Å². The fraction of sp³-hybridized carbons (Fsp3) is 0.455. The van der Waals surface area contributed by atoms with Gasteiger partial charge in [0.1, 0.15) is 0 Å². The normalized spacial score (nSPS) is 21.9. The number of benzene rings is 1. The number of hydrogen-bond donors (Lipinski definition) is 1. The molecule has 1 fully saturated rings. The number of morpholine rings is 1.